The fraction of sp³-hybridized carbons (Fsp3) is 0.552. The minimum atomic E-state index is -0.310. The van der Waals surface area contributed by atoms with Gasteiger partial charge in [0.1, 0.15) is 5.66 Å². The van der Waals surface area contributed by atoms with Crippen molar-refractivity contribution in [3.8, 4) is 0 Å². The Labute approximate surface area is 200 Å². The van der Waals surface area contributed by atoms with E-state index in [-0.39, 0.29) is 19.0 Å². The van der Waals surface area contributed by atoms with Crippen LogP contribution in [0.2, 0.25) is 0 Å². The van der Waals surface area contributed by atoms with Crippen LogP contribution in [0.3, 0.4) is 0 Å². The molecule has 0 aromatic heterocycles. The molecule has 2 aromatic rings. The maximum absolute atomic E-state index is 12.7. The summed E-state index contributed by atoms with van der Waals surface area (Å²) >= 11 is 0. The van der Waals surface area contributed by atoms with Crippen molar-refractivity contribution in [3.05, 3.63) is 65.2 Å². The van der Waals surface area contributed by atoms with E-state index >= 15 is 0 Å². The predicted molar refractivity (Wildman–Crippen MR) is 147 cm³/mol. The molecule has 3 rings (SSSR count). The Morgan fingerprint density at radius 1 is 0.688 bits per heavy atom. The molecule has 1 aliphatic heterocycles. The molecule has 1 amide bonds. The van der Waals surface area contributed by atoms with Gasteiger partial charge >= 0.3 is 0 Å². The van der Waals surface area contributed by atoms with Gasteiger partial charge in [-0.1, -0.05) is 99.2 Å². The van der Waals surface area contributed by atoms with E-state index in [0.717, 1.165) is 24.1 Å². The number of nitrogens with zero attached hydrogens (tertiary/aromatic N) is 2. The van der Waals surface area contributed by atoms with Crippen molar-refractivity contribution < 1.29 is 4.79 Å². The van der Waals surface area contributed by atoms with E-state index in [1.54, 1.807) is 0 Å². The first-order chi connectivity index (χ1) is 14.9. The lowest BCUT2D eigenvalue weighted by Gasteiger charge is -2.48. The Kier molecular flexibility index (Phi) is 19.6. The second kappa shape index (κ2) is 18.3. The largest absolute Gasteiger partial charge is 0.351 e. The molecule has 0 saturated carbocycles. The third kappa shape index (κ3) is 8.68. The Morgan fingerprint density at radius 2 is 1.16 bits per heavy atom. The van der Waals surface area contributed by atoms with Crippen LogP contribution in [-0.4, -0.2) is 30.6 Å². The molecule has 1 aliphatic rings. The quantitative estimate of drug-likeness (QED) is 0.474. The lowest BCUT2D eigenvalue weighted by molar-refractivity contribution is 0.0599. The normalized spacial score (nSPS) is 12.6. The summed E-state index contributed by atoms with van der Waals surface area (Å²) in [7, 11) is 3.92. The summed E-state index contributed by atoms with van der Waals surface area (Å²) < 4.78 is 0. The maximum Gasteiger partial charge on any atom is 0.257 e. The van der Waals surface area contributed by atoms with E-state index < -0.39 is 0 Å². The summed E-state index contributed by atoms with van der Waals surface area (Å²) in [5.74, 6) is 0.102. The van der Waals surface area contributed by atoms with E-state index in [2.05, 4.69) is 61.2 Å². The zero-order valence-electron chi connectivity index (χ0n) is 22.3. The first-order valence-electron chi connectivity index (χ1n) is 12.1. The molecule has 1 heterocycles. The van der Waals surface area contributed by atoms with Crippen molar-refractivity contribution in [2.45, 2.75) is 95.2 Å². The monoisotopic (exact) mass is 444 g/mol. The van der Waals surface area contributed by atoms with Gasteiger partial charge in [-0.3, -0.25) is 4.79 Å². The highest BCUT2D eigenvalue weighted by atomic mass is 16.2. The summed E-state index contributed by atoms with van der Waals surface area (Å²) in [6, 6.07) is 16.8. The minimum Gasteiger partial charge on any atom is -0.351 e. The van der Waals surface area contributed by atoms with Crippen molar-refractivity contribution >= 4 is 11.6 Å². The molecule has 3 nitrogen and oxygen atoms in total. The van der Waals surface area contributed by atoms with Gasteiger partial charge in [-0.15, -0.1) is 0 Å². The summed E-state index contributed by atoms with van der Waals surface area (Å²) in [6.07, 6.45) is 1.94. The zero-order chi connectivity index (χ0) is 24.6. The fourth-order valence-electron chi connectivity index (χ4n) is 3.08. The summed E-state index contributed by atoms with van der Waals surface area (Å²) in [5, 5.41) is 0. The second-order valence-corrected chi connectivity index (χ2v) is 6.75. The molecule has 0 N–H and O–H groups in total. The molecule has 184 valence electrons. The van der Waals surface area contributed by atoms with Gasteiger partial charge in [-0.25, -0.2) is 0 Å². The van der Waals surface area contributed by atoms with Crippen LogP contribution in [0.25, 0.3) is 0 Å². The molecule has 0 spiro atoms. The number of fused-ring (bicyclic) bond motifs is 1. The maximum atomic E-state index is 12.7. The summed E-state index contributed by atoms with van der Waals surface area (Å²) in [6.45, 7) is 20.1. The summed E-state index contributed by atoms with van der Waals surface area (Å²) in [4.78, 5) is 16.7. The van der Waals surface area contributed by atoms with Crippen LogP contribution in [0.4, 0.5) is 5.69 Å². The van der Waals surface area contributed by atoms with Gasteiger partial charge < -0.3 is 9.80 Å². The van der Waals surface area contributed by atoms with Crippen LogP contribution in [0.5, 0.6) is 0 Å². The van der Waals surface area contributed by atoms with Crippen LogP contribution in [-0.2, 0) is 12.8 Å². The van der Waals surface area contributed by atoms with Crippen LogP contribution in [0, 0.1) is 0 Å². The van der Waals surface area contributed by atoms with Crippen LogP contribution < -0.4 is 4.90 Å². The number of anilines is 1. The van der Waals surface area contributed by atoms with Gasteiger partial charge in [-0.2, -0.15) is 0 Å². The average molecular weight is 445 g/mol. The molecule has 0 bridgehead atoms. The van der Waals surface area contributed by atoms with Crippen molar-refractivity contribution in [3.63, 3.8) is 0 Å². The second-order valence-electron chi connectivity index (χ2n) is 6.75. The number of carbonyl (C=O) groups is 1. The lowest BCUT2D eigenvalue weighted by atomic mass is 9.96. The first-order valence-corrected chi connectivity index (χ1v) is 12.1. The third-order valence-electron chi connectivity index (χ3n) is 5.14. The lowest BCUT2D eigenvalue weighted by Crippen LogP contribution is -2.59. The minimum absolute atomic E-state index is 0. The van der Waals surface area contributed by atoms with E-state index in [0.29, 0.717) is 0 Å². The molecule has 0 saturated heterocycles. The van der Waals surface area contributed by atoms with Gasteiger partial charge in [0.05, 0.1) is 11.3 Å². The van der Waals surface area contributed by atoms with E-state index in [4.69, 9.17) is 0 Å². The number of benzene rings is 2. The molecule has 32 heavy (non-hydrogen) atoms. The van der Waals surface area contributed by atoms with Gasteiger partial charge in [0.2, 0.25) is 0 Å². The predicted octanol–water partition coefficient (Wildman–Crippen LogP) is 8.47. The van der Waals surface area contributed by atoms with Gasteiger partial charge in [-0.05, 0) is 49.9 Å². The molecule has 0 fully saturated rings. The Balaban J connectivity index is -0.000000844. The molecule has 3 heteroatoms. The average Bonchev–Trinajstić information content (AvgIpc) is 2.86. The van der Waals surface area contributed by atoms with Crippen molar-refractivity contribution in [1.82, 2.24) is 4.90 Å². The SMILES string of the molecule is C.CC.CC.CC.CC.CN1C(=O)c2cc(CCc3ccccc3)ccc2N(C)C1(C)C. The number of rotatable bonds is 3. The summed E-state index contributed by atoms with van der Waals surface area (Å²) in [5.41, 5.74) is 4.05. The number of amides is 1. The Morgan fingerprint density at radius 3 is 1.66 bits per heavy atom. The number of aryl methyl sites for hydroxylation is 2. The highest BCUT2D eigenvalue weighted by Crippen LogP contribution is 2.35. The number of hydrogen-bond donors (Lipinski definition) is 0. The van der Waals surface area contributed by atoms with E-state index in [9.17, 15) is 4.79 Å². The molecular weight excluding hydrogens is 392 g/mol. The highest BCUT2D eigenvalue weighted by molar-refractivity contribution is 6.02. The standard InChI is InChI=1S/C20H24N2O.4C2H6.CH4/c1-20(2)21(3)18-13-12-16(14-17(18)19(23)22(20)4)11-10-15-8-6-5-7-9-15;4*1-2;/h5-9,12-14H,10-11H2,1-4H3;4*1-2H3;1H4. The van der Waals surface area contributed by atoms with Crippen LogP contribution in [0.1, 0.15) is 98.1 Å². The topological polar surface area (TPSA) is 23.6 Å². The van der Waals surface area contributed by atoms with Crippen molar-refractivity contribution in [1.29, 1.82) is 0 Å². The molecule has 0 aliphatic carbocycles. The van der Waals surface area contributed by atoms with Crippen molar-refractivity contribution in [2.24, 2.45) is 0 Å². The molecule has 0 unspecified atom stereocenters. The fourth-order valence-corrected chi connectivity index (χ4v) is 3.08. The van der Waals surface area contributed by atoms with Crippen LogP contribution >= 0.6 is 0 Å². The van der Waals surface area contributed by atoms with Gasteiger partial charge in [0, 0.05) is 14.1 Å². The highest BCUT2D eigenvalue weighted by Gasteiger charge is 2.39. The molecule has 0 radical (unpaired) electrons. The van der Waals surface area contributed by atoms with E-state index in [1.165, 1.54) is 11.1 Å². The molecule has 2 aromatic carbocycles. The van der Waals surface area contributed by atoms with Crippen LogP contribution in [0.15, 0.2) is 48.5 Å². The Hall–Kier alpha value is -2.29. The Bertz CT molecular complexity index is 723. The smallest absolute Gasteiger partial charge is 0.257 e. The van der Waals surface area contributed by atoms with Gasteiger partial charge in [0.25, 0.3) is 5.91 Å². The number of carbonyl (C=O) groups excluding carboxylic acids is 1. The van der Waals surface area contributed by atoms with Gasteiger partial charge in [0.15, 0.2) is 0 Å². The zero-order valence-corrected chi connectivity index (χ0v) is 22.3. The molecular formula is C29H52N2O. The van der Waals surface area contributed by atoms with Crippen molar-refractivity contribution in [2.75, 3.05) is 19.0 Å². The first kappa shape index (κ1) is 34.3. The third-order valence-corrected chi connectivity index (χ3v) is 5.14. The molecule has 0 atom stereocenters. The number of hydrogen-bond acceptors (Lipinski definition) is 2. The van der Waals surface area contributed by atoms with E-state index in [1.807, 2.05) is 80.5 Å².